The molecule has 0 saturated carbocycles. The van der Waals surface area contributed by atoms with Crippen molar-refractivity contribution in [2.24, 2.45) is 5.16 Å². The number of carbonyl (C=O) groups is 1. The van der Waals surface area contributed by atoms with Crippen LogP contribution in [0.4, 0.5) is 17.6 Å². The van der Waals surface area contributed by atoms with E-state index in [9.17, 15) is 35.3 Å². The Hall–Kier alpha value is -3.37. The summed E-state index contributed by atoms with van der Waals surface area (Å²) in [6, 6.07) is 5.90. The minimum absolute atomic E-state index is 0.0525. The Labute approximate surface area is 242 Å². The van der Waals surface area contributed by atoms with Gasteiger partial charge in [-0.05, 0) is 37.0 Å². The summed E-state index contributed by atoms with van der Waals surface area (Å²) in [5.41, 5.74) is 1.61. The largest absolute Gasteiger partial charge is 0.387 e. The number of carbonyl (C=O) groups excluding carboxylic acids is 1. The zero-order valence-electron chi connectivity index (χ0n) is 22.3. The first kappa shape index (κ1) is 30.1. The van der Waals surface area contributed by atoms with E-state index in [0.717, 1.165) is 10.6 Å². The Kier molecular flexibility index (Phi) is 8.66. The summed E-state index contributed by atoms with van der Waals surface area (Å²) in [6.45, 7) is 1.97. The average molecular weight is 630 g/mol. The summed E-state index contributed by atoms with van der Waals surface area (Å²) in [4.78, 5) is 24.6. The standard InChI is InChI=1S/C26H27F4N5O5S2/c1-14-2-3-17(16(8-14)13-42(37,38)39)22-10-18(33-40-22)20-12-41-26(31-20)15-4-6-34(7-5-15)23(36)11-35-21(25(29)30)9-19(32-35)24(27)28/h2-3,8-9,12,15,22,24-25H,4-7,10-11,13H2,1H3,(H,37,38,39). The number of thiazole rings is 1. The Balaban J connectivity index is 1.18. The molecule has 1 unspecified atom stereocenters. The van der Waals surface area contributed by atoms with Crippen LogP contribution in [0.3, 0.4) is 0 Å². The number of hydrogen-bond donors (Lipinski definition) is 1. The van der Waals surface area contributed by atoms with Crippen molar-refractivity contribution in [2.45, 2.75) is 63.4 Å². The van der Waals surface area contributed by atoms with E-state index < -0.39 is 58.7 Å². The van der Waals surface area contributed by atoms with Gasteiger partial charge in [0.2, 0.25) is 5.91 Å². The summed E-state index contributed by atoms with van der Waals surface area (Å²) in [6.07, 6.45) is -5.07. The summed E-state index contributed by atoms with van der Waals surface area (Å²) >= 11 is 1.44. The van der Waals surface area contributed by atoms with Crippen LogP contribution in [-0.4, -0.2) is 57.3 Å². The molecule has 0 radical (unpaired) electrons. The molecule has 16 heteroatoms. The van der Waals surface area contributed by atoms with E-state index in [-0.39, 0.29) is 5.92 Å². The van der Waals surface area contributed by atoms with Gasteiger partial charge in [-0.1, -0.05) is 28.9 Å². The summed E-state index contributed by atoms with van der Waals surface area (Å²) < 4.78 is 85.5. The predicted octanol–water partition coefficient (Wildman–Crippen LogP) is 5.18. The van der Waals surface area contributed by atoms with Crippen LogP contribution < -0.4 is 0 Å². The minimum atomic E-state index is -4.24. The number of piperidine rings is 1. The molecule has 0 bridgehead atoms. The summed E-state index contributed by atoms with van der Waals surface area (Å²) in [7, 11) is -4.24. The second-order valence-corrected chi connectivity index (χ2v) is 12.6. The molecule has 4 heterocycles. The molecule has 1 atom stereocenters. The van der Waals surface area contributed by atoms with E-state index in [2.05, 4.69) is 10.3 Å². The quantitative estimate of drug-likeness (QED) is 0.255. The molecule has 0 spiro atoms. The number of rotatable bonds is 9. The van der Waals surface area contributed by atoms with Crippen LogP contribution in [0.5, 0.6) is 0 Å². The zero-order valence-corrected chi connectivity index (χ0v) is 23.9. The molecule has 2 aromatic heterocycles. The van der Waals surface area contributed by atoms with Gasteiger partial charge in [0.25, 0.3) is 23.0 Å². The summed E-state index contributed by atoms with van der Waals surface area (Å²) in [5.74, 6) is -0.961. The van der Waals surface area contributed by atoms with Crippen LogP contribution in [0.15, 0.2) is 34.8 Å². The van der Waals surface area contributed by atoms with Gasteiger partial charge in [0, 0.05) is 30.8 Å². The number of amides is 1. The van der Waals surface area contributed by atoms with Crippen molar-refractivity contribution in [3.05, 3.63) is 68.4 Å². The molecule has 2 aliphatic heterocycles. The first-order valence-corrected chi connectivity index (χ1v) is 15.5. The minimum Gasteiger partial charge on any atom is -0.387 e. The van der Waals surface area contributed by atoms with Crippen molar-refractivity contribution in [3.63, 3.8) is 0 Å². The molecule has 3 aromatic rings. The highest BCUT2D eigenvalue weighted by atomic mass is 32.2. The molecule has 0 aliphatic carbocycles. The number of aryl methyl sites for hydroxylation is 1. The molecule has 2 aliphatic rings. The number of nitrogens with zero attached hydrogens (tertiary/aromatic N) is 5. The number of halogens is 4. The Morgan fingerprint density at radius 2 is 1.90 bits per heavy atom. The van der Waals surface area contributed by atoms with E-state index in [0.29, 0.717) is 65.6 Å². The lowest BCUT2D eigenvalue weighted by molar-refractivity contribution is -0.133. The normalized spacial score (nSPS) is 18.1. The molecular formula is C26H27F4N5O5S2. The van der Waals surface area contributed by atoms with E-state index in [4.69, 9.17) is 9.82 Å². The second kappa shape index (κ2) is 12.1. The van der Waals surface area contributed by atoms with Gasteiger partial charge < -0.3 is 9.74 Å². The topological polar surface area (TPSA) is 127 Å². The van der Waals surface area contributed by atoms with Gasteiger partial charge in [-0.25, -0.2) is 22.5 Å². The molecule has 226 valence electrons. The van der Waals surface area contributed by atoms with E-state index >= 15 is 0 Å². The number of likely N-dealkylation sites (tertiary alicyclic amines) is 1. The van der Waals surface area contributed by atoms with Crippen LogP contribution in [0.1, 0.15) is 82.9 Å². The smallest absolute Gasteiger partial charge is 0.282 e. The fourth-order valence-corrected chi connectivity index (χ4v) is 6.78. The fraction of sp³-hybridized carbons (Fsp3) is 0.462. The third kappa shape index (κ3) is 6.81. The van der Waals surface area contributed by atoms with Crippen molar-refractivity contribution in [2.75, 3.05) is 13.1 Å². The Morgan fingerprint density at radius 1 is 1.17 bits per heavy atom. The predicted molar refractivity (Wildman–Crippen MR) is 144 cm³/mol. The molecule has 10 nitrogen and oxygen atoms in total. The molecule has 1 aromatic carbocycles. The molecule has 42 heavy (non-hydrogen) atoms. The zero-order chi connectivity index (χ0) is 30.2. The van der Waals surface area contributed by atoms with Crippen LogP contribution in [0.25, 0.3) is 0 Å². The highest BCUT2D eigenvalue weighted by Gasteiger charge is 2.31. The van der Waals surface area contributed by atoms with Crippen molar-refractivity contribution < 1.29 is 40.2 Å². The Bertz CT molecular complexity index is 1600. The fourth-order valence-electron chi connectivity index (χ4n) is 5.14. The maximum Gasteiger partial charge on any atom is 0.282 e. The molecular weight excluding hydrogens is 602 g/mol. The van der Waals surface area contributed by atoms with E-state index in [1.165, 1.54) is 16.2 Å². The highest BCUT2D eigenvalue weighted by molar-refractivity contribution is 7.85. The van der Waals surface area contributed by atoms with Crippen LogP contribution in [0.2, 0.25) is 0 Å². The molecule has 1 saturated heterocycles. The first-order chi connectivity index (χ1) is 19.9. The lowest BCUT2D eigenvalue weighted by atomic mass is 9.97. The van der Waals surface area contributed by atoms with Gasteiger partial charge in [0.15, 0.2) is 6.10 Å². The number of aromatic nitrogens is 3. The molecule has 1 fully saturated rings. The van der Waals surface area contributed by atoms with Crippen LogP contribution in [0, 0.1) is 6.92 Å². The third-order valence-corrected chi connectivity index (χ3v) is 8.91. The lowest BCUT2D eigenvalue weighted by Gasteiger charge is -2.31. The second-order valence-electron chi connectivity index (χ2n) is 10.2. The van der Waals surface area contributed by atoms with Gasteiger partial charge in [0.1, 0.15) is 29.4 Å². The van der Waals surface area contributed by atoms with Gasteiger partial charge in [0.05, 0.1) is 10.7 Å². The van der Waals surface area contributed by atoms with E-state index in [1.807, 2.05) is 18.4 Å². The van der Waals surface area contributed by atoms with Crippen molar-refractivity contribution in [3.8, 4) is 0 Å². The van der Waals surface area contributed by atoms with Gasteiger partial charge in [-0.15, -0.1) is 11.3 Å². The monoisotopic (exact) mass is 629 g/mol. The average Bonchev–Trinajstić information content (AvgIpc) is 3.68. The number of benzene rings is 1. The lowest BCUT2D eigenvalue weighted by Crippen LogP contribution is -2.40. The van der Waals surface area contributed by atoms with Gasteiger partial charge in [-0.2, -0.15) is 13.5 Å². The Morgan fingerprint density at radius 3 is 2.57 bits per heavy atom. The van der Waals surface area contributed by atoms with Gasteiger partial charge >= 0.3 is 0 Å². The maximum atomic E-state index is 13.3. The first-order valence-electron chi connectivity index (χ1n) is 13.0. The van der Waals surface area contributed by atoms with Crippen LogP contribution >= 0.6 is 11.3 Å². The number of oxime groups is 1. The summed E-state index contributed by atoms with van der Waals surface area (Å²) in [5, 5.41) is 10.4. The number of hydrogen-bond acceptors (Lipinski definition) is 8. The molecule has 1 N–H and O–H groups in total. The van der Waals surface area contributed by atoms with Crippen molar-refractivity contribution in [1.29, 1.82) is 0 Å². The van der Waals surface area contributed by atoms with E-state index in [1.54, 1.807) is 12.1 Å². The third-order valence-electron chi connectivity index (χ3n) is 7.23. The maximum absolute atomic E-state index is 13.3. The SMILES string of the molecule is Cc1ccc(C2CC(c3csc(C4CCN(C(=O)Cn5nc(C(F)F)cc5C(F)F)CC4)n3)=NO2)c(CS(=O)(=O)O)c1. The van der Waals surface area contributed by atoms with Crippen molar-refractivity contribution in [1.82, 2.24) is 19.7 Å². The van der Waals surface area contributed by atoms with Crippen molar-refractivity contribution >= 4 is 33.1 Å². The van der Waals surface area contributed by atoms with Gasteiger partial charge in [-0.3, -0.25) is 14.0 Å². The molecule has 1 amide bonds. The highest BCUT2D eigenvalue weighted by Crippen LogP contribution is 2.35. The molecule has 5 rings (SSSR count). The van der Waals surface area contributed by atoms with Crippen LogP contribution in [-0.2, 0) is 32.0 Å². The number of alkyl halides is 4.